The number of carbonyl (C=O) groups is 3. The molecular formula is C95H165NO8. The second-order valence-electron chi connectivity index (χ2n) is 30.5. The van der Waals surface area contributed by atoms with E-state index in [9.17, 15) is 19.5 Å². The summed E-state index contributed by atoms with van der Waals surface area (Å²) in [7, 11) is 5.94. The van der Waals surface area contributed by atoms with E-state index in [1.54, 1.807) is 0 Å². The van der Waals surface area contributed by atoms with Gasteiger partial charge in [0.05, 0.1) is 40.3 Å². The topological polar surface area (TPSA) is 111 Å². The Balaban J connectivity index is 4.04. The molecule has 0 aromatic rings. The van der Waals surface area contributed by atoms with Gasteiger partial charge in [-0.15, -0.1) is 0 Å². The van der Waals surface area contributed by atoms with E-state index in [0.717, 1.165) is 116 Å². The predicted octanol–water partition coefficient (Wildman–Crippen LogP) is 27.4. The van der Waals surface area contributed by atoms with Crippen molar-refractivity contribution in [2.45, 2.75) is 405 Å². The molecule has 0 fully saturated rings. The fourth-order valence-corrected chi connectivity index (χ4v) is 12.5. The highest BCUT2D eigenvalue weighted by molar-refractivity contribution is 5.70. The van der Waals surface area contributed by atoms with Crippen molar-refractivity contribution in [3.8, 4) is 0 Å². The molecule has 0 radical (unpaired) electrons. The molecule has 0 aromatic carbocycles. The number of ether oxygens (including phenoxy) is 4. The van der Waals surface area contributed by atoms with E-state index < -0.39 is 24.3 Å². The highest BCUT2D eigenvalue weighted by atomic mass is 16.7. The standard InChI is InChI=1S/C95H165NO8/c1-6-8-10-12-14-16-18-20-22-24-26-28-30-32-34-36-38-40-42-44-46-47-48-50-52-54-56-58-60-62-64-66-68-70-72-74-76-78-80-82-84-86-93(98)104-91(90-103-95(94(99)100)101-88-87-96(3,4)5)89-102-92(97)85-83-81-79-77-75-73-71-69-67-65-63-61-59-57-55-53-51-49-45-43-41-39-37-35-33-31-29-27-25-23-21-19-17-15-13-11-9-7-2/h8,10,14,16,20,22,26,28,32,34,38,40,44,46,48,50,54,56,60,62,66,68,91,95H,6-7,9,11-13,15,17-19,21,23-25,27,29-31,33,35-37,39,41-43,45,47,49,51-53,55,57-59,61,63-65,67,69-90H2,1-5H3/b10-8-,16-14-,22-20-,28-26-,34-32-,40-38-,46-44-,50-48-,56-54-,62-60-,68-66-. The lowest BCUT2D eigenvalue weighted by Gasteiger charge is -2.26. The van der Waals surface area contributed by atoms with Crippen molar-refractivity contribution in [3.63, 3.8) is 0 Å². The summed E-state index contributed by atoms with van der Waals surface area (Å²) >= 11 is 0. The van der Waals surface area contributed by atoms with Gasteiger partial charge in [0.25, 0.3) is 0 Å². The number of aliphatic carboxylic acids is 1. The average molecular weight is 1450 g/mol. The minimum Gasteiger partial charge on any atom is -0.545 e. The molecule has 0 aliphatic heterocycles. The molecule has 0 saturated heterocycles. The van der Waals surface area contributed by atoms with Gasteiger partial charge in [-0.2, -0.15) is 0 Å². The maximum Gasteiger partial charge on any atom is 0.306 e. The first-order chi connectivity index (χ1) is 51.1. The second kappa shape index (κ2) is 84.1. The summed E-state index contributed by atoms with van der Waals surface area (Å²) in [4.78, 5) is 37.7. The van der Waals surface area contributed by atoms with Crippen molar-refractivity contribution < 1.29 is 42.9 Å². The lowest BCUT2D eigenvalue weighted by atomic mass is 10.0. The highest BCUT2D eigenvalue weighted by Crippen LogP contribution is 2.20. The molecule has 0 bridgehead atoms. The van der Waals surface area contributed by atoms with E-state index in [1.807, 2.05) is 21.1 Å². The monoisotopic (exact) mass is 1450 g/mol. The maximum atomic E-state index is 13.0. The van der Waals surface area contributed by atoms with E-state index in [1.165, 1.54) is 244 Å². The van der Waals surface area contributed by atoms with E-state index in [4.69, 9.17) is 18.9 Å². The zero-order valence-corrected chi connectivity index (χ0v) is 68.6. The first-order valence-electron chi connectivity index (χ1n) is 43.8. The summed E-state index contributed by atoms with van der Waals surface area (Å²) in [6.45, 7) is 4.66. The number of nitrogens with zero attached hydrogens (tertiary/aromatic N) is 1. The Bertz CT molecular complexity index is 2190. The van der Waals surface area contributed by atoms with Gasteiger partial charge in [0.2, 0.25) is 0 Å². The summed E-state index contributed by atoms with van der Waals surface area (Å²) in [6.07, 6.45) is 119. The minimum atomic E-state index is -1.63. The van der Waals surface area contributed by atoms with Gasteiger partial charge in [-0.05, 0) is 96.3 Å². The Labute approximate surface area is 643 Å². The lowest BCUT2D eigenvalue weighted by Crippen LogP contribution is -2.44. The number of carboxylic acid groups (broad SMARTS) is 1. The van der Waals surface area contributed by atoms with Crippen LogP contribution in [-0.2, 0) is 33.3 Å². The molecule has 0 amide bonds. The fourth-order valence-electron chi connectivity index (χ4n) is 12.5. The average Bonchev–Trinajstić information content (AvgIpc) is 0.971. The summed E-state index contributed by atoms with van der Waals surface area (Å²) in [5, 5.41) is 11.9. The van der Waals surface area contributed by atoms with Gasteiger partial charge in [0, 0.05) is 12.8 Å². The van der Waals surface area contributed by atoms with Gasteiger partial charge in [0.1, 0.15) is 13.2 Å². The van der Waals surface area contributed by atoms with Gasteiger partial charge in [-0.3, -0.25) is 9.59 Å². The number of likely N-dealkylation sites (N-methyl/N-ethyl adjacent to an activating group) is 1. The minimum absolute atomic E-state index is 0.141. The van der Waals surface area contributed by atoms with Gasteiger partial charge in [0.15, 0.2) is 12.4 Å². The molecule has 0 aromatic heterocycles. The maximum absolute atomic E-state index is 13.0. The van der Waals surface area contributed by atoms with Crippen molar-refractivity contribution in [2.24, 2.45) is 0 Å². The van der Waals surface area contributed by atoms with Gasteiger partial charge in [-0.1, -0.05) is 417 Å². The number of rotatable bonds is 81. The van der Waals surface area contributed by atoms with Crippen molar-refractivity contribution >= 4 is 17.9 Å². The molecule has 598 valence electrons. The quantitative estimate of drug-likeness (QED) is 0.0195. The number of carbonyl (C=O) groups excluding carboxylic acids is 3. The smallest absolute Gasteiger partial charge is 0.306 e. The zero-order valence-electron chi connectivity index (χ0n) is 68.6. The number of unbranched alkanes of at least 4 members (excludes halogenated alkanes) is 44. The summed E-state index contributed by atoms with van der Waals surface area (Å²) in [5.74, 6) is -2.29. The molecule has 0 spiro atoms. The number of quaternary nitrogens is 1. The van der Waals surface area contributed by atoms with Gasteiger partial charge in [-0.25, -0.2) is 0 Å². The zero-order chi connectivity index (χ0) is 75.3. The summed E-state index contributed by atoms with van der Waals surface area (Å²) in [6, 6.07) is 0. The highest BCUT2D eigenvalue weighted by Gasteiger charge is 2.22. The molecule has 2 unspecified atom stereocenters. The number of carboxylic acids is 1. The van der Waals surface area contributed by atoms with Crippen molar-refractivity contribution in [3.05, 3.63) is 134 Å². The third-order valence-electron chi connectivity index (χ3n) is 19.2. The number of esters is 2. The SMILES string of the molecule is CC/C=C\C/C=C\C/C=C\C/C=C\C/C=C\C/C=C\C/C=C\C/C=C\C/C=C\C/C=C\C/C=C\CCCCCCCCCC(=O)OC(COC(=O)CCCCCCCCCCCCCCCCCCCCCCCCCCCCCCCCCCCCCCCC)COC(OCC[N+](C)(C)C)C(=O)[O-]. The molecule has 0 N–H and O–H groups in total. The van der Waals surface area contributed by atoms with Crippen molar-refractivity contribution in [2.75, 3.05) is 47.5 Å². The Morgan fingerprint density at radius 1 is 0.298 bits per heavy atom. The predicted molar refractivity (Wildman–Crippen MR) is 449 cm³/mol. The Morgan fingerprint density at radius 2 is 0.548 bits per heavy atom. The van der Waals surface area contributed by atoms with Crippen LogP contribution < -0.4 is 5.11 Å². The Hall–Kier alpha value is -4.57. The first-order valence-corrected chi connectivity index (χ1v) is 43.8. The fraction of sp³-hybridized carbons (Fsp3) is 0.737. The van der Waals surface area contributed by atoms with E-state index in [0.29, 0.717) is 17.4 Å². The van der Waals surface area contributed by atoms with Crippen LogP contribution in [0.15, 0.2) is 134 Å². The molecule has 0 saturated carbocycles. The third-order valence-corrected chi connectivity index (χ3v) is 19.2. The molecule has 0 rings (SSSR count). The molecular weight excluding hydrogens is 1280 g/mol. The van der Waals surface area contributed by atoms with E-state index in [-0.39, 0.29) is 38.6 Å². The Kier molecular flexibility index (Phi) is 80.4. The van der Waals surface area contributed by atoms with Crippen LogP contribution in [0.25, 0.3) is 0 Å². The lowest BCUT2D eigenvalue weighted by molar-refractivity contribution is -0.870. The molecule has 9 heteroatoms. The van der Waals surface area contributed by atoms with Crippen LogP contribution in [-0.4, -0.2) is 82.3 Å². The van der Waals surface area contributed by atoms with Gasteiger partial charge >= 0.3 is 11.9 Å². The number of hydrogen-bond donors (Lipinski definition) is 0. The van der Waals surface area contributed by atoms with Crippen LogP contribution in [0, 0.1) is 0 Å². The van der Waals surface area contributed by atoms with Crippen LogP contribution in [0.4, 0.5) is 0 Å². The van der Waals surface area contributed by atoms with E-state index >= 15 is 0 Å². The van der Waals surface area contributed by atoms with Crippen LogP contribution in [0.1, 0.15) is 393 Å². The van der Waals surface area contributed by atoms with Crippen LogP contribution in [0.5, 0.6) is 0 Å². The van der Waals surface area contributed by atoms with Crippen LogP contribution in [0.3, 0.4) is 0 Å². The molecule has 2 atom stereocenters. The first kappa shape index (κ1) is 99.4. The Morgan fingerprint density at radius 3 is 0.817 bits per heavy atom. The van der Waals surface area contributed by atoms with Crippen LogP contribution >= 0.6 is 0 Å². The summed E-state index contributed by atoms with van der Waals surface area (Å²) < 4.78 is 22.9. The molecule has 0 aliphatic rings. The molecule has 104 heavy (non-hydrogen) atoms. The molecule has 9 nitrogen and oxygen atoms in total. The number of hydrogen-bond acceptors (Lipinski definition) is 8. The van der Waals surface area contributed by atoms with Crippen molar-refractivity contribution in [1.29, 1.82) is 0 Å². The third kappa shape index (κ3) is 84.7. The molecule has 0 heterocycles. The second-order valence-corrected chi connectivity index (χ2v) is 30.5. The van der Waals surface area contributed by atoms with Crippen molar-refractivity contribution in [1.82, 2.24) is 0 Å². The normalized spacial score (nSPS) is 13.3. The summed E-state index contributed by atoms with van der Waals surface area (Å²) in [5.41, 5.74) is 0. The van der Waals surface area contributed by atoms with Gasteiger partial charge < -0.3 is 33.3 Å². The van der Waals surface area contributed by atoms with E-state index in [2.05, 4.69) is 148 Å². The van der Waals surface area contributed by atoms with Crippen LogP contribution in [0.2, 0.25) is 0 Å². The number of allylic oxidation sites excluding steroid dienone is 22. The largest absolute Gasteiger partial charge is 0.545 e. The molecule has 0 aliphatic carbocycles.